The number of nitrogens with zero attached hydrogens (tertiary/aromatic N) is 2. The smallest absolute Gasteiger partial charge is 0.225 e. The number of carbonyl (C=O) groups is 1. The first-order chi connectivity index (χ1) is 17.1. The van der Waals surface area contributed by atoms with Crippen LogP contribution in [-0.4, -0.2) is 34.6 Å². The number of thiazole rings is 1. The van der Waals surface area contributed by atoms with E-state index in [4.69, 9.17) is 4.98 Å². The lowest BCUT2D eigenvalue weighted by atomic mass is 10.0. The predicted molar refractivity (Wildman–Crippen MR) is 147 cm³/mol. The van der Waals surface area contributed by atoms with E-state index in [1.807, 2.05) is 18.2 Å². The monoisotopic (exact) mass is 525 g/mol. The summed E-state index contributed by atoms with van der Waals surface area (Å²) in [6.07, 6.45) is 3.35. The molecular weight excluding hydrogens is 498 g/mol. The predicted octanol–water partition coefficient (Wildman–Crippen LogP) is 7.44. The Bertz CT molecular complexity index is 1280. The second-order valence-corrected chi connectivity index (χ2v) is 12.0. The van der Waals surface area contributed by atoms with E-state index in [0.717, 1.165) is 70.6 Å². The van der Waals surface area contributed by atoms with Crippen LogP contribution in [0.3, 0.4) is 0 Å². The molecule has 3 heterocycles. The average Bonchev–Trinajstić information content (AvgIpc) is 3.43. The van der Waals surface area contributed by atoms with Crippen LogP contribution < -0.4 is 5.32 Å². The van der Waals surface area contributed by atoms with Crippen molar-refractivity contribution in [3.8, 4) is 10.6 Å². The molecule has 0 spiro atoms. The first kappa shape index (κ1) is 24.4. The highest BCUT2D eigenvalue weighted by atomic mass is 32.2. The van der Waals surface area contributed by atoms with Crippen molar-refractivity contribution in [2.24, 2.45) is 0 Å². The van der Waals surface area contributed by atoms with Crippen molar-refractivity contribution in [2.45, 2.75) is 44.0 Å². The van der Waals surface area contributed by atoms with E-state index in [9.17, 15) is 9.18 Å². The third kappa shape index (κ3) is 5.77. The van der Waals surface area contributed by atoms with Gasteiger partial charge in [-0.2, -0.15) is 0 Å². The third-order valence-corrected chi connectivity index (χ3v) is 9.35. The van der Waals surface area contributed by atoms with E-state index >= 15 is 0 Å². The average molecular weight is 526 g/mol. The molecule has 35 heavy (non-hydrogen) atoms. The van der Waals surface area contributed by atoms with Crippen molar-refractivity contribution in [3.05, 3.63) is 64.8 Å². The molecule has 0 saturated carbocycles. The van der Waals surface area contributed by atoms with Crippen LogP contribution in [0.2, 0.25) is 0 Å². The lowest BCUT2D eigenvalue weighted by Crippen LogP contribution is -2.30. The van der Waals surface area contributed by atoms with Gasteiger partial charge in [0.2, 0.25) is 5.91 Å². The molecule has 0 atom stereocenters. The molecule has 0 bridgehead atoms. The largest absolute Gasteiger partial charge is 0.317 e. The Morgan fingerprint density at radius 3 is 2.80 bits per heavy atom. The lowest BCUT2D eigenvalue weighted by Gasteiger charge is -2.26. The fourth-order valence-electron chi connectivity index (χ4n) is 4.40. The summed E-state index contributed by atoms with van der Waals surface area (Å²) in [7, 11) is 0. The zero-order valence-corrected chi connectivity index (χ0v) is 22.1. The normalized spacial score (nSPS) is 13.8. The van der Waals surface area contributed by atoms with Gasteiger partial charge in [0.05, 0.1) is 10.2 Å². The number of thioether (sulfide) groups is 1. The summed E-state index contributed by atoms with van der Waals surface area (Å²) in [6, 6.07) is 14.7. The van der Waals surface area contributed by atoms with E-state index in [2.05, 4.69) is 23.2 Å². The molecule has 0 saturated heterocycles. The topological polar surface area (TPSA) is 45.2 Å². The highest BCUT2D eigenvalue weighted by Gasteiger charge is 2.27. The van der Waals surface area contributed by atoms with Crippen molar-refractivity contribution >= 4 is 55.6 Å². The van der Waals surface area contributed by atoms with Gasteiger partial charge in [-0.1, -0.05) is 19.1 Å². The summed E-state index contributed by atoms with van der Waals surface area (Å²) >= 11 is 5.06. The molecule has 0 unspecified atom stereocenters. The number of amides is 1. The molecule has 1 aliphatic heterocycles. The Balaban J connectivity index is 1.31. The number of carbonyl (C=O) groups excluding carboxylic acids is 1. The van der Waals surface area contributed by atoms with E-state index in [1.165, 1.54) is 27.3 Å². The zero-order chi connectivity index (χ0) is 24.2. The summed E-state index contributed by atoms with van der Waals surface area (Å²) < 4.78 is 14.2. The molecule has 4 nitrogen and oxygen atoms in total. The number of hydrogen-bond acceptors (Lipinski definition) is 6. The standard InChI is InChI=1S/C27H28FN3OS3/c1-2-14-31-15-13-20-23(17-31)35-27(25(20)26-29-21-6-3-4-7-22(21)34-26)30-24(32)8-5-16-33-19-11-9-18(28)10-12-19/h3-4,6-7,9-12H,2,5,8,13-17H2,1H3,(H,30,32). The minimum Gasteiger partial charge on any atom is -0.317 e. The van der Waals surface area contributed by atoms with Gasteiger partial charge >= 0.3 is 0 Å². The van der Waals surface area contributed by atoms with Crippen LogP contribution in [0.4, 0.5) is 9.39 Å². The fraction of sp³-hybridized carbons (Fsp3) is 0.333. The Kier molecular flexibility index (Phi) is 7.82. The van der Waals surface area contributed by atoms with Crippen LogP contribution in [0, 0.1) is 5.82 Å². The summed E-state index contributed by atoms with van der Waals surface area (Å²) in [5, 5.41) is 5.16. The summed E-state index contributed by atoms with van der Waals surface area (Å²) in [5.41, 5.74) is 3.48. The Labute approximate surface area is 217 Å². The first-order valence-electron chi connectivity index (χ1n) is 12.0. The number of rotatable bonds is 9. The van der Waals surface area contributed by atoms with Gasteiger partial charge in [0, 0.05) is 34.8 Å². The number of hydrogen-bond donors (Lipinski definition) is 1. The Morgan fingerprint density at radius 2 is 2.00 bits per heavy atom. The van der Waals surface area contributed by atoms with E-state index in [1.54, 1.807) is 46.6 Å². The van der Waals surface area contributed by atoms with Gasteiger partial charge in [0.1, 0.15) is 15.8 Å². The van der Waals surface area contributed by atoms with Crippen molar-refractivity contribution in [1.82, 2.24) is 9.88 Å². The molecule has 0 fully saturated rings. The highest BCUT2D eigenvalue weighted by Crippen LogP contribution is 2.45. The number of nitrogens with one attached hydrogen (secondary N) is 1. The van der Waals surface area contributed by atoms with Crippen molar-refractivity contribution in [3.63, 3.8) is 0 Å². The molecule has 2 aromatic heterocycles. The number of para-hydroxylation sites is 1. The SMILES string of the molecule is CCCN1CCc2c(sc(NC(=O)CCCSc3ccc(F)cc3)c2-c2nc3ccccc3s2)C1. The molecule has 8 heteroatoms. The molecule has 1 N–H and O–H groups in total. The maximum Gasteiger partial charge on any atom is 0.225 e. The molecule has 0 radical (unpaired) electrons. The van der Waals surface area contributed by atoms with E-state index in [0.29, 0.717) is 6.42 Å². The Hall–Kier alpha value is -2.26. The van der Waals surface area contributed by atoms with Gasteiger partial charge in [0.25, 0.3) is 0 Å². The summed E-state index contributed by atoms with van der Waals surface area (Å²) in [6.45, 7) is 5.30. The van der Waals surface area contributed by atoms with Crippen LogP contribution in [0.1, 0.15) is 36.6 Å². The van der Waals surface area contributed by atoms with Crippen molar-refractivity contribution in [1.29, 1.82) is 0 Å². The minimum absolute atomic E-state index is 0.0380. The van der Waals surface area contributed by atoms with Crippen molar-refractivity contribution in [2.75, 3.05) is 24.2 Å². The highest BCUT2D eigenvalue weighted by molar-refractivity contribution is 7.99. The first-order valence-corrected chi connectivity index (χ1v) is 14.6. The molecule has 1 aliphatic rings. The van der Waals surface area contributed by atoms with Gasteiger partial charge in [-0.3, -0.25) is 9.69 Å². The van der Waals surface area contributed by atoms with Gasteiger partial charge in [0.15, 0.2) is 0 Å². The number of anilines is 1. The zero-order valence-electron chi connectivity index (χ0n) is 19.7. The number of benzene rings is 2. The third-order valence-electron chi connectivity index (χ3n) is 6.07. The molecule has 182 valence electrons. The summed E-state index contributed by atoms with van der Waals surface area (Å²) in [5.74, 6) is 0.627. The van der Waals surface area contributed by atoms with Gasteiger partial charge in [-0.05, 0) is 73.5 Å². The van der Waals surface area contributed by atoms with Crippen molar-refractivity contribution < 1.29 is 9.18 Å². The molecule has 4 aromatic rings. The molecule has 0 aliphatic carbocycles. The van der Waals surface area contributed by atoms with Crippen LogP contribution in [0.5, 0.6) is 0 Å². The van der Waals surface area contributed by atoms with Crippen LogP contribution >= 0.6 is 34.4 Å². The summed E-state index contributed by atoms with van der Waals surface area (Å²) in [4.78, 5) is 22.7. The maximum atomic E-state index is 13.1. The van der Waals surface area contributed by atoms with Gasteiger partial charge in [-0.15, -0.1) is 34.4 Å². The minimum atomic E-state index is -0.228. The van der Waals surface area contributed by atoms with Crippen LogP contribution in [0.25, 0.3) is 20.8 Å². The second kappa shape index (κ2) is 11.2. The van der Waals surface area contributed by atoms with E-state index in [-0.39, 0.29) is 11.7 Å². The number of halogens is 1. The van der Waals surface area contributed by atoms with Crippen LogP contribution in [-0.2, 0) is 17.8 Å². The number of thiophene rings is 1. The molecule has 5 rings (SSSR count). The van der Waals surface area contributed by atoms with Crippen LogP contribution in [0.15, 0.2) is 53.4 Å². The van der Waals surface area contributed by atoms with E-state index < -0.39 is 0 Å². The number of aromatic nitrogens is 1. The lowest BCUT2D eigenvalue weighted by molar-refractivity contribution is -0.116. The molecule has 2 aromatic carbocycles. The Morgan fingerprint density at radius 1 is 1.17 bits per heavy atom. The van der Waals surface area contributed by atoms with Gasteiger partial charge < -0.3 is 5.32 Å². The fourth-order valence-corrected chi connectivity index (χ4v) is 7.67. The van der Waals surface area contributed by atoms with Gasteiger partial charge in [-0.25, -0.2) is 9.37 Å². The number of fused-ring (bicyclic) bond motifs is 2. The quantitative estimate of drug-likeness (QED) is 0.182. The molecular formula is C27H28FN3OS3. The second-order valence-electron chi connectivity index (χ2n) is 8.67. The maximum absolute atomic E-state index is 13.1. The molecule has 1 amide bonds.